The zero-order chi connectivity index (χ0) is 30.3. The van der Waals surface area contributed by atoms with Crippen molar-refractivity contribution in [1.29, 1.82) is 0 Å². The second kappa shape index (κ2) is 10.9. The fraction of sp³-hybridized carbons (Fsp3) is 0.333. The molecule has 4 aromatic rings. The molecule has 0 aliphatic heterocycles. The summed E-state index contributed by atoms with van der Waals surface area (Å²) in [5.41, 5.74) is 1.54. The van der Waals surface area contributed by atoms with Crippen molar-refractivity contribution in [3.8, 4) is 11.5 Å². The SMILES string of the molecule is COc1ccc2c(Cc3cn(C)c4c(C(=O)OCC(F)(F)F)c(OC)ccc34)cn(C)c2c1C(=O)OCC(F)(F)F. The molecule has 0 fully saturated rings. The lowest BCUT2D eigenvalue weighted by Gasteiger charge is -2.13. The van der Waals surface area contributed by atoms with Crippen LogP contribution in [0.3, 0.4) is 0 Å². The van der Waals surface area contributed by atoms with Gasteiger partial charge in [-0.2, -0.15) is 26.3 Å². The summed E-state index contributed by atoms with van der Waals surface area (Å²) < 4.78 is 98.8. The number of nitrogens with zero attached hydrogens (tertiary/aromatic N) is 2. The van der Waals surface area contributed by atoms with Crippen LogP contribution in [-0.2, 0) is 30.0 Å². The fourth-order valence-corrected chi connectivity index (χ4v) is 4.79. The first-order chi connectivity index (χ1) is 19.1. The van der Waals surface area contributed by atoms with E-state index in [9.17, 15) is 35.9 Å². The monoisotopic (exact) mass is 586 g/mol. The highest BCUT2D eigenvalue weighted by molar-refractivity contribution is 6.08. The summed E-state index contributed by atoms with van der Waals surface area (Å²) in [6, 6.07) is 6.19. The molecule has 8 nitrogen and oxygen atoms in total. The van der Waals surface area contributed by atoms with Crippen LogP contribution in [0.2, 0.25) is 0 Å². The van der Waals surface area contributed by atoms with Gasteiger partial charge in [0.1, 0.15) is 22.6 Å². The fourth-order valence-electron chi connectivity index (χ4n) is 4.79. The van der Waals surface area contributed by atoms with Crippen LogP contribution in [0.5, 0.6) is 11.5 Å². The van der Waals surface area contributed by atoms with Crippen LogP contribution in [-0.4, -0.2) is 60.9 Å². The molecule has 2 aromatic heterocycles. The number of fused-ring (bicyclic) bond motifs is 2. The minimum absolute atomic E-state index is 0.0247. The maximum atomic E-state index is 12.7. The Kier molecular flexibility index (Phi) is 7.87. The number of carbonyl (C=O) groups is 2. The molecule has 0 radical (unpaired) electrons. The van der Waals surface area contributed by atoms with Gasteiger partial charge in [-0.15, -0.1) is 0 Å². The second-order valence-corrected chi connectivity index (χ2v) is 9.17. The van der Waals surface area contributed by atoms with Crippen LogP contribution in [0.4, 0.5) is 26.3 Å². The molecule has 0 amide bonds. The van der Waals surface area contributed by atoms with E-state index >= 15 is 0 Å². The predicted octanol–water partition coefficient (Wildman–Crippen LogP) is 5.72. The quantitative estimate of drug-likeness (QED) is 0.194. The minimum atomic E-state index is -4.72. The number of carbonyl (C=O) groups excluding carboxylic acids is 2. The Bertz CT molecular complexity index is 1510. The average molecular weight is 586 g/mol. The van der Waals surface area contributed by atoms with Gasteiger partial charge in [0.15, 0.2) is 13.2 Å². The topological polar surface area (TPSA) is 80.9 Å². The first-order valence-electron chi connectivity index (χ1n) is 11.9. The number of rotatable bonds is 8. The summed E-state index contributed by atoms with van der Waals surface area (Å²) in [5.74, 6) is -2.37. The third kappa shape index (κ3) is 6.05. The normalized spacial score (nSPS) is 12.1. The first-order valence-corrected chi connectivity index (χ1v) is 11.9. The number of halogens is 6. The Balaban J connectivity index is 1.79. The van der Waals surface area contributed by atoms with Gasteiger partial charge in [0.25, 0.3) is 0 Å². The Morgan fingerprint density at radius 2 is 1.05 bits per heavy atom. The van der Waals surface area contributed by atoms with Crippen molar-refractivity contribution in [2.24, 2.45) is 14.1 Å². The van der Waals surface area contributed by atoms with Gasteiger partial charge in [-0.3, -0.25) is 0 Å². The smallest absolute Gasteiger partial charge is 0.422 e. The lowest BCUT2D eigenvalue weighted by molar-refractivity contribution is -0.161. The van der Waals surface area contributed by atoms with Gasteiger partial charge in [0, 0.05) is 43.7 Å². The van der Waals surface area contributed by atoms with Crippen molar-refractivity contribution in [3.05, 3.63) is 58.9 Å². The molecule has 14 heteroatoms. The van der Waals surface area contributed by atoms with E-state index < -0.39 is 37.5 Å². The molecule has 220 valence electrons. The molecule has 0 atom stereocenters. The highest BCUT2D eigenvalue weighted by Gasteiger charge is 2.33. The Hall–Kier alpha value is -4.36. The lowest BCUT2D eigenvalue weighted by Crippen LogP contribution is -2.21. The number of methoxy groups -OCH3 is 2. The van der Waals surface area contributed by atoms with Gasteiger partial charge < -0.3 is 28.1 Å². The zero-order valence-electron chi connectivity index (χ0n) is 22.2. The summed E-state index contributed by atoms with van der Waals surface area (Å²) in [4.78, 5) is 25.4. The van der Waals surface area contributed by atoms with Crippen molar-refractivity contribution >= 4 is 33.7 Å². The average Bonchev–Trinajstić information content (AvgIpc) is 3.39. The molecule has 41 heavy (non-hydrogen) atoms. The summed E-state index contributed by atoms with van der Waals surface area (Å²) in [6.07, 6.45) is -5.84. The lowest BCUT2D eigenvalue weighted by atomic mass is 10.0. The number of hydrogen-bond acceptors (Lipinski definition) is 6. The van der Waals surface area contributed by atoms with Crippen LogP contribution in [0.25, 0.3) is 21.8 Å². The van der Waals surface area contributed by atoms with Crippen molar-refractivity contribution < 1.29 is 54.9 Å². The Morgan fingerprint density at radius 3 is 1.37 bits per heavy atom. The number of hydrogen-bond donors (Lipinski definition) is 0. The standard InChI is InChI=1S/C27H24F6N2O6/c1-34-10-14(16-5-7-18(38-3)20(22(16)34)24(36)40-12-26(28,29)30)9-15-11-35(2)23-17(15)6-8-19(39-4)21(23)25(37)41-13-27(31,32)33/h5-8,10-11H,9,12-13H2,1-4H3. The number of ether oxygens (including phenoxy) is 4. The summed E-state index contributed by atoms with van der Waals surface area (Å²) in [6.45, 7) is -3.54. The van der Waals surface area contributed by atoms with E-state index in [1.165, 1.54) is 26.4 Å². The van der Waals surface area contributed by atoms with Gasteiger partial charge in [0.05, 0.1) is 25.3 Å². The van der Waals surface area contributed by atoms with Crippen molar-refractivity contribution in [2.45, 2.75) is 18.8 Å². The molecular weight excluding hydrogens is 562 g/mol. The number of alkyl halides is 6. The van der Waals surface area contributed by atoms with Crippen LogP contribution < -0.4 is 9.47 Å². The van der Waals surface area contributed by atoms with E-state index in [4.69, 9.17) is 9.47 Å². The second-order valence-electron chi connectivity index (χ2n) is 9.17. The van der Waals surface area contributed by atoms with E-state index in [0.717, 1.165) is 0 Å². The zero-order valence-corrected chi connectivity index (χ0v) is 22.2. The van der Waals surface area contributed by atoms with Gasteiger partial charge in [-0.25, -0.2) is 9.59 Å². The van der Waals surface area contributed by atoms with Crippen LogP contribution >= 0.6 is 0 Å². The Morgan fingerprint density at radius 1 is 0.683 bits per heavy atom. The van der Waals surface area contributed by atoms with E-state index in [-0.39, 0.29) is 40.1 Å². The highest BCUT2D eigenvalue weighted by atomic mass is 19.4. The number of aromatic nitrogens is 2. The molecule has 0 saturated heterocycles. The third-order valence-electron chi connectivity index (χ3n) is 6.34. The Labute approximate surface area is 228 Å². The molecule has 2 heterocycles. The molecule has 0 saturated carbocycles. The minimum Gasteiger partial charge on any atom is -0.496 e. The summed E-state index contributed by atoms with van der Waals surface area (Å²) in [5, 5.41) is 1.06. The van der Waals surface area contributed by atoms with Gasteiger partial charge in [0.2, 0.25) is 0 Å². The molecular formula is C27H24F6N2O6. The molecule has 0 bridgehead atoms. The number of benzene rings is 2. The van der Waals surface area contributed by atoms with Gasteiger partial charge in [-0.1, -0.05) is 0 Å². The predicted molar refractivity (Wildman–Crippen MR) is 134 cm³/mol. The van der Waals surface area contributed by atoms with Crippen molar-refractivity contribution in [3.63, 3.8) is 0 Å². The third-order valence-corrected chi connectivity index (χ3v) is 6.34. The molecule has 0 N–H and O–H groups in total. The molecule has 4 rings (SSSR count). The first kappa shape index (κ1) is 29.6. The van der Waals surface area contributed by atoms with Crippen LogP contribution in [0.1, 0.15) is 31.8 Å². The highest BCUT2D eigenvalue weighted by Crippen LogP contribution is 2.36. The molecule has 0 aliphatic carbocycles. The largest absolute Gasteiger partial charge is 0.496 e. The van der Waals surface area contributed by atoms with E-state index in [0.29, 0.717) is 21.9 Å². The van der Waals surface area contributed by atoms with Crippen LogP contribution in [0, 0.1) is 0 Å². The van der Waals surface area contributed by atoms with Crippen LogP contribution in [0.15, 0.2) is 36.7 Å². The van der Waals surface area contributed by atoms with Gasteiger partial charge >= 0.3 is 24.3 Å². The molecule has 0 aliphatic rings. The van der Waals surface area contributed by atoms with E-state index in [1.54, 1.807) is 47.8 Å². The number of aryl methyl sites for hydroxylation is 2. The van der Waals surface area contributed by atoms with Gasteiger partial charge in [-0.05, 0) is 35.4 Å². The van der Waals surface area contributed by atoms with Crippen molar-refractivity contribution in [2.75, 3.05) is 27.4 Å². The molecule has 2 aromatic carbocycles. The molecule has 0 spiro atoms. The summed E-state index contributed by atoms with van der Waals surface area (Å²) >= 11 is 0. The van der Waals surface area contributed by atoms with Crippen molar-refractivity contribution in [1.82, 2.24) is 9.13 Å². The molecule has 0 unspecified atom stereocenters. The maximum absolute atomic E-state index is 12.7. The number of esters is 2. The summed E-state index contributed by atoms with van der Waals surface area (Å²) in [7, 11) is 5.75. The van der Waals surface area contributed by atoms with E-state index in [1.807, 2.05) is 0 Å². The maximum Gasteiger partial charge on any atom is 0.422 e. The van der Waals surface area contributed by atoms with E-state index in [2.05, 4.69) is 9.47 Å².